The van der Waals surface area contributed by atoms with Crippen LogP contribution in [0.25, 0.3) is 16.9 Å². The SMILES string of the molecule is COc1ccc(-n2c(=O)n(CC(C)C)c(=O)c3c2ncn3C(C)c2ccccc2)cc1. The standard InChI is InChI=1S/C24H26N4O3/c1-16(2)14-26-23(29)21-22(25-15-27(21)17(3)18-8-6-5-7-9-18)28(24(26)30)19-10-12-20(31-4)13-11-19/h5-13,15-17H,14H2,1-4H3. The van der Waals surface area contributed by atoms with Crippen molar-refractivity contribution in [2.45, 2.75) is 33.4 Å². The highest BCUT2D eigenvalue weighted by Crippen LogP contribution is 2.23. The van der Waals surface area contributed by atoms with Gasteiger partial charge in [-0.25, -0.2) is 14.3 Å². The number of aromatic nitrogens is 4. The lowest BCUT2D eigenvalue weighted by atomic mass is 10.1. The molecule has 0 aliphatic heterocycles. The fraction of sp³-hybridized carbons (Fsp3) is 0.292. The van der Waals surface area contributed by atoms with E-state index in [-0.39, 0.29) is 17.5 Å². The Labute approximate surface area is 180 Å². The minimum atomic E-state index is -0.394. The quantitative estimate of drug-likeness (QED) is 0.479. The van der Waals surface area contributed by atoms with Crippen LogP contribution in [0.5, 0.6) is 5.75 Å². The molecule has 31 heavy (non-hydrogen) atoms. The molecule has 4 aromatic rings. The van der Waals surface area contributed by atoms with Crippen molar-refractivity contribution in [3.8, 4) is 11.4 Å². The lowest BCUT2D eigenvalue weighted by Gasteiger charge is -2.17. The molecule has 0 saturated carbocycles. The second kappa shape index (κ2) is 8.26. The van der Waals surface area contributed by atoms with Crippen molar-refractivity contribution in [3.63, 3.8) is 0 Å². The zero-order valence-electron chi connectivity index (χ0n) is 18.1. The van der Waals surface area contributed by atoms with E-state index in [1.165, 1.54) is 9.13 Å². The Balaban J connectivity index is 2.02. The zero-order chi connectivity index (χ0) is 22.1. The highest BCUT2D eigenvalue weighted by Gasteiger charge is 2.22. The Hall–Kier alpha value is -3.61. The number of hydrogen-bond acceptors (Lipinski definition) is 4. The summed E-state index contributed by atoms with van der Waals surface area (Å²) in [7, 11) is 1.59. The van der Waals surface area contributed by atoms with Gasteiger partial charge in [-0.3, -0.25) is 9.36 Å². The van der Waals surface area contributed by atoms with Gasteiger partial charge in [0.2, 0.25) is 0 Å². The molecule has 1 atom stereocenters. The molecule has 1 unspecified atom stereocenters. The topological polar surface area (TPSA) is 71.1 Å². The number of ether oxygens (including phenoxy) is 1. The van der Waals surface area contributed by atoms with Gasteiger partial charge in [0.1, 0.15) is 5.75 Å². The summed E-state index contributed by atoms with van der Waals surface area (Å²) < 4.78 is 9.91. The highest BCUT2D eigenvalue weighted by atomic mass is 16.5. The molecule has 7 heteroatoms. The van der Waals surface area contributed by atoms with E-state index >= 15 is 0 Å². The molecule has 0 N–H and O–H groups in total. The predicted octanol–water partition coefficient (Wildman–Crippen LogP) is 3.62. The first-order valence-electron chi connectivity index (χ1n) is 10.3. The summed E-state index contributed by atoms with van der Waals surface area (Å²) in [6.45, 7) is 6.32. The van der Waals surface area contributed by atoms with Gasteiger partial charge in [0.15, 0.2) is 11.2 Å². The monoisotopic (exact) mass is 418 g/mol. The largest absolute Gasteiger partial charge is 0.497 e. The summed E-state index contributed by atoms with van der Waals surface area (Å²) in [5.41, 5.74) is 1.73. The number of fused-ring (bicyclic) bond motifs is 1. The summed E-state index contributed by atoms with van der Waals surface area (Å²) in [6.07, 6.45) is 1.64. The maximum absolute atomic E-state index is 13.5. The summed E-state index contributed by atoms with van der Waals surface area (Å²) in [4.78, 5) is 31.4. The number of methoxy groups -OCH3 is 1. The molecule has 0 fully saturated rings. The molecular formula is C24H26N4O3. The number of nitrogens with zero attached hydrogens (tertiary/aromatic N) is 4. The van der Waals surface area contributed by atoms with E-state index < -0.39 is 5.69 Å². The van der Waals surface area contributed by atoms with Crippen molar-refractivity contribution in [2.75, 3.05) is 7.11 Å². The van der Waals surface area contributed by atoms with Crippen molar-refractivity contribution in [1.29, 1.82) is 0 Å². The number of benzene rings is 2. The number of hydrogen-bond donors (Lipinski definition) is 0. The minimum Gasteiger partial charge on any atom is -0.497 e. The Morgan fingerprint density at radius 2 is 1.65 bits per heavy atom. The second-order valence-corrected chi connectivity index (χ2v) is 8.04. The third-order valence-electron chi connectivity index (χ3n) is 5.43. The van der Waals surface area contributed by atoms with Crippen LogP contribution in [0.4, 0.5) is 0 Å². The zero-order valence-corrected chi connectivity index (χ0v) is 18.1. The normalized spacial score (nSPS) is 12.4. The average Bonchev–Trinajstić information content (AvgIpc) is 3.22. The second-order valence-electron chi connectivity index (χ2n) is 8.04. The summed E-state index contributed by atoms with van der Waals surface area (Å²) >= 11 is 0. The van der Waals surface area contributed by atoms with Crippen LogP contribution in [0, 0.1) is 5.92 Å². The molecule has 0 radical (unpaired) electrons. The van der Waals surface area contributed by atoms with Gasteiger partial charge in [-0.15, -0.1) is 0 Å². The van der Waals surface area contributed by atoms with Crippen LogP contribution in [0.2, 0.25) is 0 Å². The van der Waals surface area contributed by atoms with Crippen LogP contribution in [-0.4, -0.2) is 25.8 Å². The molecule has 2 aromatic heterocycles. The van der Waals surface area contributed by atoms with E-state index in [4.69, 9.17) is 4.74 Å². The molecule has 2 heterocycles. The van der Waals surface area contributed by atoms with E-state index in [2.05, 4.69) is 4.98 Å². The van der Waals surface area contributed by atoms with Gasteiger partial charge in [0.05, 0.1) is 25.2 Å². The predicted molar refractivity (Wildman–Crippen MR) is 121 cm³/mol. The van der Waals surface area contributed by atoms with E-state index in [0.717, 1.165) is 5.56 Å². The molecule has 4 rings (SSSR count). The smallest absolute Gasteiger partial charge is 0.337 e. The maximum atomic E-state index is 13.5. The van der Waals surface area contributed by atoms with Crippen molar-refractivity contribution < 1.29 is 4.74 Å². The van der Waals surface area contributed by atoms with Crippen LogP contribution in [0.1, 0.15) is 32.4 Å². The van der Waals surface area contributed by atoms with E-state index in [1.54, 1.807) is 37.7 Å². The van der Waals surface area contributed by atoms with E-state index in [1.807, 2.05) is 55.7 Å². The van der Waals surface area contributed by atoms with Gasteiger partial charge in [0, 0.05) is 6.54 Å². The third kappa shape index (κ3) is 3.67. The Kier molecular flexibility index (Phi) is 5.50. The van der Waals surface area contributed by atoms with E-state index in [0.29, 0.717) is 29.1 Å². The number of imidazole rings is 1. The Bertz CT molecular complexity index is 1320. The molecule has 0 spiro atoms. The van der Waals surface area contributed by atoms with Gasteiger partial charge in [0.25, 0.3) is 5.56 Å². The lowest BCUT2D eigenvalue weighted by Crippen LogP contribution is -2.41. The molecule has 0 bridgehead atoms. The van der Waals surface area contributed by atoms with Crippen LogP contribution in [-0.2, 0) is 6.54 Å². The summed E-state index contributed by atoms with van der Waals surface area (Å²) in [5, 5.41) is 0. The van der Waals surface area contributed by atoms with Crippen LogP contribution in [0.3, 0.4) is 0 Å². The first-order valence-corrected chi connectivity index (χ1v) is 10.3. The van der Waals surface area contributed by atoms with Crippen LogP contribution >= 0.6 is 0 Å². The highest BCUT2D eigenvalue weighted by molar-refractivity contribution is 5.73. The van der Waals surface area contributed by atoms with Gasteiger partial charge in [-0.05, 0) is 42.7 Å². The fourth-order valence-electron chi connectivity index (χ4n) is 3.82. The van der Waals surface area contributed by atoms with Gasteiger partial charge < -0.3 is 9.30 Å². The first kappa shape index (κ1) is 20.7. The molecule has 160 valence electrons. The van der Waals surface area contributed by atoms with Crippen molar-refractivity contribution in [2.24, 2.45) is 5.92 Å². The van der Waals surface area contributed by atoms with Gasteiger partial charge in [-0.1, -0.05) is 44.2 Å². The average molecular weight is 418 g/mol. The molecule has 0 aliphatic rings. The van der Waals surface area contributed by atoms with Crippen molar-refractivity contribution in [1.82, 2.24) is 18.7 Å². The Morgan fingerprint density at radius 3 is 2.26 bits per heavy atom. The molecule has 0 aliphatic carbocycles. The maximum Gasteiger partial charge on any atom is 0.337 e. The van der Waals surface area contributed by atoms with Crippen LogP contribution < -0.4 is 16.0 Å². The third-order valence-corrected chi connectivity index (χ3v) is 5.43. The van der Waals surface area contributed by atoms with Crippen molar-refractivity contribution >= 4 is 11.2 Å². The first-order chi connectivity index (χ1) is 14.9. The number of rotatable bonds is 6. The lowest BCUT2D eigenvalue weighted by molar-refractivity contribution is 0.414. The summed E-state index contributed by atoms with van der Waals surface area (Å²) in [5.74, 6) is 0.821. The summed E-state index contributed by atoms with van der Waals surface area (Å²) in [6, 6.07) is 17.0. The molecular weight excluding hydrogens is 392 g/mol. The van der Waals surface area contributed by atoms with Gasteiger partial charge >= 0.3 is 5.69 Å². The molecule has 0 amide bonds. The van der Waals surface area contributed by atoms with Crippen LogP contribution in [0.15, 0.2) is 70.5 Å². The molecule has 7 nitrogen and oxygen atoms in total. The fourth-order valence-corrected chi connectivity index (χ4v) is 3.82. The molecule has 2 aromatic carbocycles. The molecule has 0 saturated heterocycles. The van der Waals surface area contributed by atoms with E-state index in [9.17, 15) is 9.59 Å². The Morgan fingerprint density at radius 1 is 0.968 bits per heavy atom. The minimum absolute atomic E-state index is 0.117. The van der Waals surface area contributed by atoms with Crippen molar-refractivity contribution in [3.05, 3.63) is 87.3 Å². The van der Waals surface area contributed by atoms with Gasteiger partial charge in [-0.2, -0.15) is 0 Å².